The Morgan fingerprint density at radius 2 is 1.81 bits per heavy atom. The number of benzene rings is 1. The van der Waals surface area contributed by atoms with E-state index in [2.05, 4.69) is 29.4 Å². The summed E-state index contributed by atoms with van der Waals surface area (Å²) in [6.45, 7) is 7.90. The van der Waals surface area contributed by atoms with E-state index in [0.717, 1.165) is 38.2 Å². The standard InChI is InChI=1S/C15H23F2N3O/c1-3-20(4-2)10-6-9-18-11-14(21)19-15-12(16)7-5-8-13(15)17/h5,7-8,18H,3-4,6,9-11H2,1-2H3,(H,19,21). The molecule has 0 aliphatic carbocycles. The van der Waals surface area contributed by atoms with Crippen molar-refractivity contribution in [1.82, 2.24) is 10.2 Å². The first-order valence-corrected chi connectivity index (χ1v) is 7.25. The van der Waals surface area contributed by atoms with E-state index in [4.69, 9.17) is 0 Å². The number of rotatable bonds is 9. The van der Waals surface area contributed by atoms with E-state index in [0.29, 0.717) is 6.54 Å². The highest BCUT2D eigenvalue weighted by atomic mass is 19.1. The molecule has 0 heterocycles. The van der Waals surface area contributed by atoms with E-state index in [-0.39, 0.29) is 6.54 Å². The molecule has 21 heavy (non-hydrogen) atoms. The maximum atomic E-state index is 13.3. The van der Waals surface area contributed by atoms with Gasteiger partial charge in [-0.15, -0.1) is 0 Å². The summed E-state index contributed by atoms with van der Waals surface area (Å²) in [4.78, 5) is 13.9. The van der Waals surface area contributed by atoms with Crippen LogP contribution >= 0.6 is 0 Å². The van der Waals surface area contributed by atoms with Crippen LogP contribution in [0.3, 0.4) is 0 Å². The average Bonchev–Trinajstić information content (AvgIpc) is 2.47. The number of hydrogen-bond acceptors (Lipinski definition) is 3. The monoisotopic (exact) mass is 299 g/mol. The predicted molar refractivity (Wildman–Crippen MR) is 80.3 cm³/mol. The van der Waals surface area contributed by atoms with Gasteiger partial charge in [-0.3, -0.25) is 4.79 Å². The van der Waals surface area contributed by atoms with Crippen LogP contribution in [0.2, 0.25) is 0 Å². The van der Waals surface area contributed by atoms with Gasteiger partial charge in [0.2, 0.25) is 5.91 Å². The second-order valence-electron chi connectivity index (χ2n) is 4.70. The van der Waals surface area contributed by atoms with Gasteiger partial charge >= 0.3 is 0 Å². The molecular formula is C15H23F2N3O. The number of amides is 1. The van der Waals surface area contributed by atoms with E-state index < -0.39 is 23.2 Å². The lowest BCUT2D eigenvalue weighted by Gasteiger charge is -2.17. The van der Waals surface area contributed by atoms with E-state index in [9.17, 15) is 13.6 Å². The van der Waals surface area contributed by atoms with Crippen LogP contribution < -0.4 is 10.6 Å². The minimum Gasteiger partial charge on any atom is -0.320 e. The first-order chi connectivity index (χ1) is 10.1. The van der Waals surface area contributed by atoms with Crippen LogP contribution in [-0.4, -0.2) is 43.5 Å². The number of hydrogen-bond donors (Lipinski definition) is 2. The number of para-hydroxylation sites is 1. The molecule has 1 aromatic rings. The summed E-state index contributed by atoms with van der Waals surface area (Å²) < 4.78 is 26.7. The first-order valence-electron chi connectivity index (χ1n) is 7.25. The van der Waals surface area contributed by atoms with Crippen LogP contribution in [0.15, 0.2) is 18.2 Å². The Hall–Kier alpha value is -1.53. The van der Waals surface area contributed by atoms with Crippen molar-refractivity contribution in [3.05, 3.63) is 29.8 Å². The van der Waals surface area contributed by atoms with E-state index in [1.807, 2.05) is 0 Å². The minimum absolute atomic E-state index is 0.0338. The largest absolute Gasteiger partial charge is 0.320 e. The van der Waals surface area contributed by atoms with Crippen LogP contribution in [0.4, 0.5) is 14.5 Å². The van der Waals surface area contributed by atoms with Crippen molar-refractivity contribution in [2.45, 2.75) is 20.3 Å². The molecule has 1 aromatic carbocycles. The van der Waals surface area contributed by atoms with Crippen molar-refractivity contribution in [2.75, 3.05) is 38.0 Å². The zero-order chi connectivity index (χ0) is 15.7. The maximum absolute atomic E-state index is 13.3. The van der Waals surface area contributed by atoms with Crippen molar-refractivity contribution >= 4 is 11.6 Å². The molecule has 0 spiro atoms. The quantitative estimate of drug-likeness (QED) is 0.687. The molecule has 0 aromatic heterocycles. The van der Waals surface area contributed by atoms with Crippen molar-refractivity contribution in [3.8, 4) is 0 Å². The lowest BCUT2D eigenvalue weighted by Crippen LogP contribution is -2.32. The molecule has 0 saturated carbocycles. The topological polar surface area (TPSA) is 44.4 Å². The number of carbonyl (C=O) groups excluding carboxylic acids is 1. The van der Waals surface area contributed by atoms with Gasteiger partial charge in [-0.25, -0.2) is 8.78 Å². The van der Waals surface area contributed by atoms with Crippen molar-refractivity contribution in [1.29, 1.82) is 0 Å². The number of halogens is 2. The third-order valence-electron chi connectivity index (χ3n) is 3.24. The number of carbonyl (C=O) groups is 1. The van der Waals surface area contributed by atoms with Gasteiger partial charge in [0, 0.05) is 0 Å². The molecule has 1 amide bonds. The fourth-order valence-electron chi connectivity index (χ4n) is 1.97. The number of nitrogens with one attached hydrogen (secondary N) is 2. The van der Waals surface area contributed by atoms with Crippen LogP contribution in [0.25, 0.3) is 0 Å². The van der Waals surface area contributed by atoms with Gasteiger partial charge in [-0.2, -0.15) is 0 Å². The van der Waals surface area contributed by atoms with Crippen molar-refractivity contribution in [3.63, 3.8) is 0 Å². The fourth-order valence-corrected chi connectivity index (χ4v) is 1.97. The zero-order valence-electron chi connectivity index (χ0n) is 12.6. The Balaban J connectivity index is 2.26. The molecule has 6 heteroatoms. The predicted octanol–water partition coefficient (Wildman–Crippen LogP) is 2.22. The Morgan fingerprint density at radius 3 is 2.38 bits per heavy atom. The molecule has 0 aliphatic rings. The van der Waals surface area contributed by atoms with Crippen LogP contribution in [-0.2, 0) is 4.79 Å². The van der Waals surface area contributed by atoms with Crippen molar-refractivity contribution < 1.29 is 13.6 Å². The van der Waals surface area contributed by atoms with Gasteiger partial charge < -0.3 is 15.5 Å². The normalized spacial score (nSPS) is 10.9. The van der Waals surface area contributed by atoms with E-state index >= 15 is 0 Å². The highest BCUT2D eigenvalue weighted by Crippen LogP contribution is 2.17. The molecular weight excluding hydrogens is 276 g/mol. The molecule has 0 saturated heterocycles. The molecule has 2 N–H and O–H groups in total. The third kappa shape index (κ3) is 6.18. The molecule has 0 radical (unpaired) electrons. The zero-order valence-corrected chi connectivity index (χ0v) is 12.6. The van der Waals surface area contributed by atoms with Gasteiger partial charge in [0.25, 0.3) is 0 Å². The first kappa shape index (κ1) is 17.5. The Labute approximate surface area is 124 Å². The smallest absolute Gasteiger partial charge is 0.238 e. The number of anilines is 1. The van der Waals surface area contributed by atoms with Gasteiger partial charge in [-0.05, 0) is 44.7 Å². The average molecular weight is 299 g/mol. The van der Waals surface area contributed by atoms with E-state index in [1.54, 1.807) is 0 Å². The summed E-state index contributed by atoms with van der Waals surface area (Å²) >= 11 is 0. The second-order valence-corrected chi connectivity index (χ2v) is 4.70. The van der Waals surface area contributed by atoms with Gasteiger partial charge in [0.1, 0.15) is 17.3 Å². The Bertz CT molecular complexity index is 430. The molecule has 4 nitrogen and oxygen atoms in total. The Morgan fingerprint density at radius 1 is 1.19 bits per heavy atom. The fraction of sp³-hybridized carbons (Fsp3) is 0.533. The third-order valence-corrected chi connectivity index (χ3v) is 3.24. The molecule has 0 atom stereocenters. The Kier molecular flexibility index (Phi) is 7.85. The van der Waals surface area contributed by atoms with Gasteiger partial charge in [-0.1, -0.05) is 19.9 Å². The summed E-state index contributed by atoms with van der Waals surface area (Å²) in [6, 6.07) is 3.47. The summed E-state index contributed by atoms with van der Waals surface area (Å²) in [5, 5.41) is 5.20. The summed E-state index contributed by atoms with van der Waals surface area (Å²) in [7, 11) is 0. The van der Waals surface area contributed by atoms with Crippen LogP contribution in [0.1, 0.15) is 20.3 Å². The summed E-state index contributed by atoms with van der Waals surface area (Å²) in [6.07, 6.45) is 0.920. The molecule has 0 aliphatic heterocycles. The molecule has 118 valence electrons. The van der Waals surface area contributed by atoms with Crippen LogP contribution in [0, 0.1) is 11.6 Å². The molecule has 0 unspecified atom stereocenters. The summed E-state index contributed by atoms with van der Waals surface area (Å²) in [5.41, 5.74) is -0.396. The summed E-state index contributed by atoms with van der Waals surface area (Å²) in [5.74, 6) is -2.00. The SMILES string of the molecule is CCN(CC)CCCNCC(=O)Nc1c(F)cccc1F. The number of nitrogens with zero attached hydrogens (tertiary/aromatic N) is 1. The van der Waals surface area contributed by atoms with Crippen molar-refractivity contribution in [2.24, 2.45) is 0 Å². The highest BCUT2D eigenvalue weighted by molar-refractivity contribution is 5.92. The van der Waals surface area contributed by atoms with Crippen LogP contribution in [0.5, 0.6) is 0 Å². The molecule has 0 bridgehead atoms. The van der Waals surface area contributed by atoms with Gasteiger partial charge in [0.05, 0.1) is 6.54 Å². The second kappa shape index (κ2) is 9.41. The maximum Gasteiger partial charge on any atom is 0.238 e. The highest BCUT2D eigenvalue weighted by Gasteiger charge is 2.11. The lowest BCUT2D eigenvalue weighted by molar-refractivity contribution is -0.115. The van der Waals surface area contributed by atoms with E-state index in [1.165, 1.54) is 6.07 Å². The lowest BCUT2D eigenvalue weighted by atomic mass is 10.3. The minimum atomic E-state index is -0.773. The molecule has 0 fully saturated rings. The molecule has 1 rings (SSSR count). The van der Waals surface area contributed by atoms with Gasteiger partial charge in [0.15, 0.2) is 0 Å².